The van der Waals surface area contributed by atoms with E-state index in [1.54, 1.807) is 18.2 Å². The molecule has 22 heavy (non-hydrogen) atoms. The van der Waals surface area contributed by atoms with Crippen molar-refractivity contribution in [2.45, 2.75) is 13.5 Å². The number of carbonyl (C=O) groups excluding carboxylic acids is 1. The zero-order chi connectivity index (χ0) is 16.1. The Bertz CT molecular complexity index is 674. The summed E-state index contributed by atoms with van der Waals surface area (Å²) < 4.78 is 34.3. The number of ether oxygens (including phenoxy) is 2. The van der Waals surface area contributed by atoms with E-state index in [1.165, 1.54) is 25.3 Å². The molecule has 2 rings (SSSR count). The second-order valence-corrected chi connectivity index (χ2v) is 4.53. The molecule has 0 fully saturated rings. The number of carbonyl (C=O) groups is 1. The molecule has 2 aromatic carbocycles. The van der Waals surface area contributed by atoms with E-state index >= 15 is 0 Å². The lowest BCUT2D eigenvalue weighted by Crippen LogP contribution is -2.15. The van der Waals surface area contributed by atoms with Crippen molar-refractivity contribution in [1.29, 1.82) is 0 Å². The Morgan fingerprint density at radius 1 is 1.14 bits per heavy atom. The maximum Gasteiger partial charge on any atom is 0.387 e. The molecule has 0 radical (unpaired) electrons. The highest BCUT2D eigenvalue weighted by molar-refractivity contribution is 6.06. The number of rotatable bonds is 5. The summed E-state index contributed by atoms with van der Waals surface area (Å²) in [6, 6.07) is 11.1. The van der Waals surface area contributed by atoms with Gasteiger partial charge in [0.1, 0.15) is 11.5 Å². The largest absolute Gasteiger partial charge is 0.495 e. The van der Waals surface area contributed by atoms with Gasteiger partial charge in [0.2, 0.25) is 0 Å². The number of aryl methyl sites for hydroxylation is 1. The highest BCUT2D eigenvalue weighted by Gasteiger charge is 2.16. The van der Waals surface area contributed by atoms with Gasteiger partial charge in [-0.25, -0.2) is 0 Å². The van der Waals surface area contributed by atoms with Crippen LogP contribution in [-0.2, 0) is 0 Å². The van der Waals surface area contributed by atoms with Crippen molar-refractivity contribution in [3.8, 4) is 11.5 Å². The molecule has 0 aliphatic carbocycles. The molecule has 6 heteroatoms. The second-order valence-electron chi connectivity index (χ2n) is 4.53. The van der Waals surface area contributed by atoms with Crippen LogP contribution in [0.1, 0.15) is 15.9 Å². The van der Waals surface area contributed by atoms with E-state index in [0.29, 0.717) is 11.4 Å². The van der Waals surface area contributed by atoms with Crippen LogP contribution in [0.25, 0.3) is 0 Å². The van der Waals surface area contributed by atoms with Crippen LogP contribution in [0.15, 0.2) is 42.5 Å². The summed E-state index contributed by atoms with van der Waals surface area (Å²) >= 11 is 0. The molecule has 4 nitrogen and oxygen atoms in total. The van der Waals surface area contributed by atoms with E-state index in [1.807, 2.05) is 13.0 Å². The molecule has 0 atom stereocenters. The van der Waals surface area contributed by atoms with Crippen molar-refractivity contribution >= 4 is 11.6 Å². The number of hydrogen-bond acceptors (Lipinski definition) is 3. The Kier molecular flexibility index (Phi) is 4.93. The van der Waals surface area contributed by atoms with Crippen molar-refractivity contribution in [2.24, 2.45) is 0 Å². The Morgan fingerprint density at radius 3 is 2.55 bits per heavy atom. The fourth-order valence-corrected chi connectivity index (χ4v) is 1.96. The van der Waals surface area contributed by atoms with E-state index in [2.05, 4.69) is 10.1 Å². The highest BCUT2D eigenvalue weighted by Crippen LogP contribution is 2.27. The number of benzene rings is 2. The first kappa shape index (κ1) is 15.8. The Labute approximate surface area is 126 Å². The Balaban J connectivity index is 2.28. The number of alkyl halides is 2. The van der Waals surface area contributed by atoms with Crippen molar-refractivity contribution < 1.29 is 23.0 Å². The number of nitrogens with one attached hydrogen (secondary N) is 1. The maximum atomic E-state index is 12.4. The molecule has 0 bridgehead atoms. The minimum Gasteiger partial charge on any atom is -0.495 e. The van der Waals surface area contributed by atoms with Crippen molar-refractivity contribution in [3.05, 3.63) is 53.6 Å². The predicted octanol–water partition coefficient (Wildman–Crippen LogP) is 3.86. The summed E-state index contributed by atoms with van der Waals surface area (Å²) in [6.45, 7) is -1.13. The molecule has 0 aromatic heterocycles. The van der Waals surface area contributed by atoms with Crippen molar-refractivity contribution in [2.75, 3.05) is 12.4 Å². The maximum absolute atomic E-state index is 12.4. The molecular weight excluding hydrogens is 292 g/mol. The van der Waals surface area contributed by atoms with E-state index in [-0.39, 0.29) is 11.3 Å². The monoisotopic (exact) mass is 307 g/mol. The van der Waals surface area contributed by atoms with Crippen LogP contribution in [-0.4, -0.2) is 19.6 Å². The average molecular weight is 307 g/mol. The van der Waals surface area contributed by atoms with Gasteiger partial charge < -0.3 is 14.8 Å². The molecule has 0 aliphatic rings. The molecule has 0 saturated heterocycles. The zero-order valence-corrected chi connectivity index (χ0v) is 12.1. The molecule has 2 aromatic rings. The molecule has 1 amide bonds. The Hall–Kier alpha value is -2.63. The molecule has 1 N–H and O–H groups in total. The number of para-hydroxylation sites is 1. The lowest BCUT2D eigenvalue weighted by Gasteiger charge is -2.13. The van der Waals surface area contributed by atoms with Gasteiger partial charge in [-0.2, -0.15) is 8.78 Å². The summed E-state index contributed by atoms with van der Waals surface area (Å²) in [7, 11) is 1.48. The Morgan fingerprint density at radius 2 is 1.86 bits per heavy atom. The van der Waals surface area contributed by atoms with E-state index in [9.17, 15) is 13.6 Å². The van der Waals surface area contributed by atoms with Gasteiger partial charge in [0.05, 0.1) is 18.4 Å². The SMILES string of the molecule is COc1ccc(C)cc1NC(=O)c1ccccc1OC(F)F. The topological polar surface area (TPSA) is 47.6 Å². The summed E-state index contributed by atoms with van der Waals surface area (Å²) in [5, 5.41) is 2.64. The van der Waals surface area contributed by atoms with Crippen LogP contribution in [0.2, 0.25) is 0 Å². The lowest BCUT2D eigenvalue weighted by atomic mass is 10.1. The van der Waals surface area contributed by atoms with Crippen molar-refractivity contribution in [1.82, 2.24) is 0 Å². The predicted molar refractivity (Wildman–Crippen MR) is 78.8 cm³/mol. The molecular formula is C16H15F2NO3. The van der Waals surface area contributed by atoms with Crippen molar-refractivity contribution in [3.63, 3.8) is 0 Å². The van der Waals surface area contributed by atoms with Gasteiger partial charge in [-0.3, -0.25) is 4.79 Å². The summed E-state index contributed by atoms with van der Waals surface area (Å²) in [5.41, 5.74) is 1.40. The van der Waals surface area contributed by atoms with Gasteiger partial charge in [-0.1, -0.05) is 18.2 Å². The molecule has 116 valence electrons. The first-order valence-corrected chi connectivity index (χ1v) is 6.51. The normalized spacial score (nSPS) is 10.4. The second kappa shape index (κ2) is 6.89. The number of halogens is 2. The van der Waals surface area contributed by atoms with Crippen LogP contribution >= 0.6 is 0 Å². The molecule has 0 heterocycles. The van der Waals surface area contributed by atoms with Crippen LogP contribution in [0.5, 0.6) is 11.5 Å². The highest BCUT2D eigenvalue weighted by atomic mass is 19.3. The van der Waals surface area contributed by atoms with Gasteiger partial charge >= 0.3 is 6.61 Å². The summed E-state index contributed by atoms with van der Waals surface area (Å²) in [5.74, 6) is -0.257. The van der Waals surface area contributed by atoms with Gasteiger partial charge in [0, 0.05) is 0 Å². The third kappa shape index (κ3) is 3.72. The van der Waals surface area contributed by atoms with Gasteiger partial charge in [0.25, 0.3) is 5.91 Å². The average Bonchev–Trinajstić information content (AvgIpc) is 2.47. The van der Waals surface area contributed by atoms with Crippen LogP contribution in [0, 0.1) is 6.92 Å². The van der Waals surface area contributed by atoms with Gasteiger partial charge in [-0.15, -0.1) is 0 Å². The first-order chi connectivity index (χ1) is 10.5. The minimum atomic E-state index is -3.00. The summed E-state index contributed by atoms with van der Waals surface area (Å²) in [4.78, 5) is 12.3. The van der Waals surface area contributed by atoms with E-state index in [4.69, 9.17) is 4.74 Å². The first-order valence-electron chi connectivity index (χ1n) is 6.51. The summed E-state index contributed by atoms with van der Waals surface area (Å²) in [6.07, 6.45) is 0. The standard InChI is InChI=1S/C16H15F2NO3/c1-10-7-8-14(21-2)12(9-10)19-15(20)11-5-3-4-6-13(11)22-16(17)18/h3-9,16H,1-2H3,(H,19,20). The smallest absolute Gasteiger partial charge is 0.387 e. The zero-order valence-electron chi connectivity index (χ0n) is 12.1. The third-order valence-electron chi connectivity index (χ3n) is 2.95. The van der Waals surface area contributed by atoms with Crippen LogP contribution in [0.3, 0.4) is 0 Å². The van der Waals surface area contributed by atoms with Crippen LogP contribution in [0.4, 0.5) is 14.5 Å². The molecule has 0 unspecified atom stereocenters. The number of hydrogen-bond donors (Lipinski definition) is 1. The fourth-order valence-electron chi connectivity index (χ4n) is 1.96. The lowest BCUT2D eigenvalue weighted by molar-refractivity contribution is -0.0501. The number of anilines is 1. The van der Waals surface area contributed by atoms with Gasteiger partial charge in [-0.05, 0) is 36.8 Å². The number of methoxy groups -OCH3 is 1. The minimum absolute atomic E-state index is 0.0198. The fraction of sp³-hybridized carbons (Fsp3) is 0.188. The molecule has 0 aliphatic heterocycles. The van der Waals surface area contributed by atoms with Gasteiger partial charge in [0.15, 0.2) is 0 Å². The molecule has 0 spiro atoms. The quantitative estimate of drug-likeness (QED) is 0.912. The number of amides is 1. The molecule has 0 saturated carbocycles. The van der Waals surface area contributed by atoms with E-state index < -0.39 is 12.5 Å². The van der Waals surface area contributed by atoms with Crippen LogP contribution < -0.4 is 14.8 Å². The van der Waals surface area contributed by atoms with E-state index in [0.717, 1.165) is 5.56 Å². The third-order valence-corrected chi connectivity index (χ3v) is 2.95.